The van der Waals surface area contributed by atoms with Crippen LogP contribution in [0.15, 0.2) is 29.2 Å². The molecular formula is C26H31F2N5O4S. The quantitative estimate of drug-likeness (QED) is 0.359. The highest BCUT2D eigenvalue weighted by molar-refractivity contribution is 8.26. The number of pyridine rings is 1. The highest BCUT2D eigenvalue weighted by Crippen LogP contribution is 2.46. The fourth-order valence-corrected chi connectivity index (χ4v) is 6.47. The third-order valence-electron chi connectivity index (χ3n) is 7.56. The largest absolute Gasteiger partial charge is 0.502 e. The van der Waals surface area contributed by atoms with Crippen molar-refractivity contribution in [2.75, 3.05) is 32.3 Å². The number of aromatic hydroxyl groups is 1. The summed E-state index contributed by atoms with van der Waals surface area (Å²) in [7, 11) is 3.35. The van der Waals surface area contributed by atoms with Crippen LogP contribution in [0.5, 0.6) is 5.75 Å². The average Bonchev–Trinajstić information content (AvgIpc) is 3.30. The number of hydrogen-bond acceptors (Lipinski definition) is 8. The zero-order valence-electron chi connectivity index (χ0n) is 21.5. The molecule has 1 aromatic carbocycles. The molecule has 0 radical (unpaired) electrons. The normalized spacial score (nSPS) is 20.8. The average molecular weight is 548 g/mol. The van der Waals surface area contributed by atoms with E-state index in [-0.39, 0.29) is 45.8 Å². The molecule has 9 nitrogen and oxygen atoms in total. The summed E-state index contributed by atoms with van der Waals surface area (Å²) in [5.74, 6) is -2.66. The number of nitrogens with zero attached hydrogens (tertiary/aromatic N) is 3. The van der Waals surface area contributed by atoms with E-state index in [0.717, 1.165) is 31.4 Å². The van der Waals surface area contributed by atoms with Gasteiger partial charge >= 0.3 is 0 Å². The molecule has 12 heteroatoms. The minimum absolute atomic E-state index is 0.0805. The Kier molecular flexibility index (Phi) is 7.93. The molecule has 204 valence electrons. The zero-order valence-corrected chi connectivity index (χ0v) is 22.3. The summed E-state index contributed by atoms with van der Waals surface area (Å²) in [6.45, 7) is 2.64. The summed E-state index contributed by atoms with van der Waals surface area (Å²) >= 11 is 0.628. The molecule has 1 aromatic heterocycles. The number of rotatable bonds is 7. The van der Waals surface area contributed by atoms with Gasteiger partial charge in [0.1, 0.15) is 22.3 Å². The van der Waals surface area contributed by atoms with E-state index in [1.165, 1.54) is 16.9 Å². The van der Waals surface area contributed by atoms with E-state index in [4.69, 9.17) is 15.6 Å². The van der Waals surface area contributed by atoms with Crippen LogP contribution in [0, 0.1) is 28.4 Å². The van der Waals surface area contributed by atoms with Crippen molar-refractivity contribution in [2.24, 2.45) is 5.92 Å². The van der Waals surface area contributed by atoms with E-state index in [2.05, 4.69) is 6.92 Å². The highest BCUT2D eigenvalue weighted by atomic mass is 32.2. The summed E-state index contributed by atoms with van der Waals surface area (Å²) in [5, 5.41) is 29.0. The van der Waals surface area contributed by atoms with Gasteiger partial charge in [-0.05, 0) is 37.3 Å². The van der Waals surface area contributed by atoms with Gasteiger partial charge in [-0.1, -0.05) is 24.8 Å². The van der Waals surface area contributed by atoms with Crippen LogP contribution in [0.1, 0.15) is 54.2 Å². The van der Waals surface area contributed by atoms with Crippen LogP contribution in [0.4, 0.5) is 8.78 Å². The molecule has 0 bridgehead atoms. The molecule has 1 spiro atoms. The standard InChI is InChI=1S/C26H31F2N5O4S/c1-4-16-6-5-9-26(16)31(2)33-14-18(22(34)23(35)21(33)25(36)32(26)10-11-37-3)24(30)38-20(29)12-15-7-8-17(27)13-19(15)28/h7-8,13-14,16,29-30,35H,4-6,9-12H2,1-3H3. The number of aromatic nitrogens is 1. The van der Waals surface area contributed by atoms with E-state index in [0.29, 0.717) is 24.8 Å². The fourth-order valence-electron chi connectivity index (χ4n) is 5.74. The SMILES string of the molecule is CCC1CCCC12N(CCOC)C(=O)c1c(O)c(=O)c(C(=N)SC(=N)Cc3ccc(F)cc3F)cn1N2C. The molecule has 1 aliphatic heterocycles. The summed E-state index contributed by atoms with van der Waals surface area (Å²) in [6.07, 6.45) is 4.48. The molecular weight excluding hydrogens is 516 g/mol. The second-order valence-corrected chi connectivity index (χ2v) is 10.6. The van der Waals surface area contributed by atoms with Crippen LogP contribution < -0.4 is 10.4 Å². The van der Waals surface area contributed by atoms with Crippen LogP contribution in [-0.4, -0.2) is 63.6 Å². The first-order valence-electron chi connectivity index (χ1n) is 12.4. The molecule has 2 atom stereocenters. The Balaban J connectivity index is 1.71. The summed E-state index contributed by atoms with van der Waals surface area (Å²) < 4.78 is 33.9. The predicted molar refractivity (Wildman–Crippen MR) is 142 cm³/mol. The Morgan fingerprint density at radius 3 is 2.68 bits per heavy atom. The van der Waals surface area contributed by atoms with Crippen molar-refractivity contribution < 1.29 is 23.4 Å². The van der Waals surface area contributed by atoms with Gasteiger partial charge in [0.2, 0.25) is 5.43 Å². The van der Waals surface area contributed by atoms with Crippen molar-refractivity contribution in [3.8, 4) is 5.75 Å². The molecule has 1 aliphatic carbocycles. The van der Waals surface area contributed by atoms with Crippen LogP contribution in [-0.2, 0) is 11.2 Å². The van der Waals surface area contributed by atoms with Gasteiger partial charge in [-0.15, -0.1) is 0 Å². The van der Waals surface area contributed by atoms with Gasteiger partial charge in [0.05, 0.1) is 17.2 Å². The Hall–Kier alpha value is -3.25. The molecule has 0 saturated heterocycles. The Labute approximate surface area is 223 Å². The number of benzene rings is 1. The first-order chi connectivity index (χ1) is 18.1. The third kappa shape index (κ3) is 4.60. The number of methoxy groups -OCH3 is 1. The summed E-state index contributed by atoms with van der Waals surface area (Å²) in [5.41, 5.74) is -1.90. The molecule has 2 unspecified atom stereocenters. The first-order valence-corrected chi connectivity index (χ1v) is 13.2. The van der Waals surface area contributed by atoms with Crippen molar-refractivity contribution in [1.82, 2.24) is 9.58 Å². The Bertz CT molecular complexity index is 1350. The van der Waals surface area contributed by atoms with Crippen molar-refractivity contribution in [3.63, 3.8) is 0 Å². The lowest BCUT2D eigenvalue weighted by molar-refractivity contribution is 0.000836. The minimum Gasteiger partial charge on any atom is -0.502 e. The molecule has 38 heavy (non-hydrogen) atoms. The van der Waals surface area contributed by atoms with Crippen LogP contribution in [0.3, 0.4) is 0 Å². The van der Waals surface area contributed by atoms with Crippen molar-refractivity contribution >= 4 is 27.8 Å². The van der Waals surface area contributed by atoms with E-state index in [1.54, 1.807) is 19.1 Å². The van der Waals surface area contributed by atoms with Crippen LogP contribution in [0.25, 0.3) is 0 Å². The number of halogens is 2. The second-order valence-electron chi connectivity index (χ2n) is 9.53. The van der Waals surface area contributed by atoms with Gasteiger partial charge in [0.25, 0.3) is 5.91 Å². The summed E-state index contributed by atoms with van der Waals surface area (Å²) in [6, 6.07) is 3.03. The number of ether oxygens (including phenoxy) is 1. The maximum atomic E-state index is 14.0. The third-order valence-corrected chi connectivity index (χ3v) is 8.38. The maximum Gasteiger partial charge on any atom is 0.278 e. The van der Waals surface area contributed by atoms with Gasteiger partial charge in [0.15, 0.2) is 11.4 Å². The number of carbonyl (C=O) groups excluding carboxylic acids is 1. The number of hydrogen-bond donors (Lipinski definition) is 3. The first kappa shape index (κ1) is 27.8. The molecule has 1 amide bonds. The number of thioether (sulfide) groups is 1. The Morgan fingerprint density at radius 2 is 2.03 bits per heavy atom. The summed E-state index contributed by atoms with van der Waals surface area (Å²) in [4.78, 5) is 28.6. The van der Waals surface area contributed by atoms with Crippen LogP contribution in [0.2, 0.25) is 0 Å². The van der Waals surface area contributed by atoms with E-state index in [1.807, 2.05) is 5.01 Å². The smallest absolute Gasteiger partial charge is 0.278 e. The number of amides is 1. The van der Waals surface area contributed by atoms with Gasteiger partial charge in [-0.2, -0.15) is 0 Å². The fraction of sp³-hybridized carbons (Fsp3) is 0.462. The molecule has 3 N–H and O–H groups in total. The number of carbonyl (C=O) groups is 1. The van der Waals surface area contributed by atoms with Gasteiger partial charge in [-0.3, -0.25) is 30.1 Å². The number of fused-ring (bicyclic) bond motifs is 1. The van der Waals surface area contributed by atoms with Gasteiger partial charge in [-0.25, -0.2) is 8.78 Å². The molecule has 2 aliphatic rings. The van der Waals surface area contributed by atoms with Gasteiger partial charge in [0, 0.05) is 45.3 Å². The lowest BCUT2D eigenvalue weighted by Crippen LogP contribution is -2.71. The van der Waals surface area contributed by atoms with E-state index in [9.17, 15) is 23.5 Å². The van der Waals surface area contributed by atoms with E-state index < -0.39 is 34.4 Å². The second kappa shape index (κ2) is 10.9. The Morgan fingerprint density at radius 1 is 1.29 bits per heavy atom. The maximum absolute atomic E-state index is 14.0. The highest BCUT2D eigenvalue weighted by Gasteiger charge is 2.55. The molecule has 4 rings (SSSR count). The minimum atomic E-state index is -0.905. The topological polar surface area (TPSA) is 123 Å². The van der Waals surface area contributed by atoms with Gasteiger partial charge < -0.3 is 14.7 Å². The zero-order chi connectivity index (χ0) is 27.8. The van der Waals surface area contributed by atoms with Crippen molar-refractivity contribution in [3.05, 3.63) is 63.1 Å². The van der Waals surface area contributed by atoms with Crippen molar-refractivity contribution in [1.29, 1.82) is 10.8 Å². The molecule has 1 fully saturated rings. The van der Waals surface area contributed by atoms with Crippen LogP contribution >= 0.6 is 11.8 Å². The monoisotopic (exact) mass is 547 g/mol. The predicted octanol–water partition coefficient (Wildman–Crippen LogP) is 3.69. The van der Waals surface area contributed by atoms with Crippen molar-refractivity contribution in [2.45, 2.75) is 44.7 Å². The molecule has 2 aromatic rings. The van der Waals surface area contributed by atoms with E-state index >= 15 is 0 Å². The lowest BCUT2D eigenvalue weighted by atomic mass is 9.89. The number of nitrogens with one attached hydrogen (secondary N) is 2. The lowest BCUT2D eigenvalue weighted by Gasteiger charge is -2.55. The molecule has 1 saturated carbocycles. The molecule has 2 heterocycles.